The minimum Gasteiger partial charge on any atom is -0.340 e. The molecule has 2 fully saturated rings. The van der Waals surface area contributed by atoms with E-state index in [9.17, 15) is 9.18 Å². The van der Waals surface area contributed by atoms with Crippen molar-refractivity contribution in [3.8, 4) is 0 Å². The highest BCUT2D eigenvalue weighted by atomic mass is 19.1. The number of fused-ring (bicyclic) bond motifs is 1. The summed E-state index contributed by atoms with van der Waals surface area (Å²) < 4.78 is 29.5. The number of hydrogen-bond acceptors (Lipinski definition) is 4. The van der Waals surface area contributed by atoms with Gasteiger partial charge < -0.3 is 9.80 Å². The van der Waals surface area contributed by atoms with Crippen molar-refractivity contribution in [1.82, 2.24) is 14.9 Å². The number of rotatable bonds is 7. The average Bonchev–Trinajstić information content (AvgIpc) is 3.41. The second kappa shape index (κ2) is 10.7. The zero-order valence-electron chi connectivity index (χ0n) is 21.5. The number of likely N-dealkylation sites (tertiary alicyclic amines) is 1. The Labute approximate surface area is 212 Å². The first-order valence-corrected chi connectivity index (χ1v) is 12.5. The zero-order valence-corrected chi connectivity index (χ0v) is 21.5. The number of aromatic nitrogens is 2. The van der Waals surface area contributed by atoms with Gasteiger partial charge in [0.1, 0.15) is 11.6 Å². The number of carbonyl (C=O) groups is 1. The van der Waals surface area contributed by atoms with Crippen LogP contribution in [-0.4, -0.2) is 47.0 Å². The highest BCUT2D eigenvalue weighted by Gasteiger charge is 2.43. The second-order valence-corrected chi connectivity index (χ2v) is 9.88. The Balaban J connectivity index is 1.57. The first kappa shape index (κ1) is 25.7. The van der Waals surface area contributed by atoms with E-state index in [1.54, 1.807) is 17.9 Å². The van der Waals surface area contributed by atoms with Crippen LogP contribution in [0.3, 0.4) is 0 Å². The molecule has 2 atom stereocenters. The first-order valence-electron chi connectivity index (χ1n) is 12.5. The normalized spacial score (nSPS) is 20.2. The van der Waals surface area contributed by atoms with Gasteiger partial charge in [0.2, 0.25) is 5.95 Å². The van der Waals surface area contributed by atoms with Crippen molar-refractivity contribution >= 4 is 17.4 Å². The molecule has 2 aliphatic heterocycles. The average molecular weight is 493 g/mol. The summed E-state index contributed by atoms with van der Waals surface area (Å²) in [6, 6.07) is 5.98. The van der Waals surface area contributed by atoms with E-state index < -0.39 is 11.6 Å². The van der Waals surface area contributed by atoms with E-state index in [1.807, 2.05) is 26.8 Å². The number of benzene rings is 1. The summed E-state index contributed by atoms with van der Waals surface area (Å²) in [5, 5.41) is 0. The van der Waals surface area contributed by atoms with Crippen LogP contribution in [0.5, 0.6) is 0 Å². The van der Waals surface area contributed by atoms with Crippen LogP contribution in [0.1, 0.15) is 54.0 Å². The molecular weight excluding hydrogens is 458 g/mol. The van der Waals surface area contributed by atoms with Gasteiger partial charge in [-0.1, -0.05) is 31.2 Å². The third kappa shape index (κ3) is 5.40. The Morgan fingerprint density at radius 2 is 1.72 bits per heavy atom. The van der Waals surface area contributed by atoms with E-state index >= 15 is 4.39 Å². The van der Waals surface area contributed by atoms with Gasteiger partial charge in [-0.25, -0.2) is 18.7 Å². The van der Waals surface area contributed by atoms with Crippen LogP contribution >= 0.6 is 0 Å². The zero-order chi connectivity index (χ0) is 26.0. The number of carbonyl (C=O) groups excluding carboxylic acids is 1. The topological polar surface area (TPSA) is 49.3 Å². The Bertz CT molecular complexity index is 1200. The van der Waals surface area contributed by atoms with Crippen LogP contribution in [-0.2, 0) is 0 Å². The molecule has 7 heteroatoms. The van der Waals surface area contributed by atoms with Gasteiger partial charge in [0, 0.05) is 49.4 Å². The van der Waals surface area contributed by atoms with Gasteiger partial charge in [0.15, 0.2) is 0 Å². The van der Waals surface area contributed by atoms with Crippen LogP contribution in [0.4, 0.5) is 14.7 Å². The Hall–Kier alpha value is -3.35. The Morgan fingerprint density at radius 1 is 1.08 bits per heavy atom. The van der Waals surface area contributed by atoms with Crippen LogP contribution in [0.15, 0.2) is 54.4 Å². The van der Waals surface area contributed by atoms with Gasteiger partial charge in [-0.05, 0) is 69.0 Å². The molecule has 2 saturated heterocycles. The lowest BCUT2D eigenvalue weighted by molar-refractivity contribution is 0.0781. The summed E-state index contributed by atoms with van der Waals surface area (Å²) in [5.74, 6) is 0.0866. The van der Waals surface area contributed by atoms with E-state index in [0.29, 0.717) is 30.6 Å². The molecule has 3 heterocycles. The maximum atomic E-state index is 15.1. The molecule has 5 nitrogen and oxygen atoms in total. The highest BCUT2D eigenvalue weighted by Crippen LogP contribution is 2.36. The van der Waals surface area contributed by atoms with Crippen LogP contribution in [0.25, 0.3) is 5.57 Å². The molecule has 1 aromatic heterocycles. The van der Waals surface area contributed by atoms with Gasteiger partial charge in [-0.2, -0.15) is 0 Å². The number of nitrogens with zero attached hydrogens (tertiary/aromatic N) is 4. The summed E-state index contributed by atoms with van der Waals surface area (Å²) in [5.41, 5.74) is 3.70. The molecule has 190 valence electrons. The van der Waals surface area contributed by atoms with Crippen molar-refractivity contribution < 1.29 is 13.6 Å². The standard InChI is InChI=1S/C29H34F2N4O/c1-6-8-27(31)25(11-18(3)7-2)24-10-9-23(30)13-26(24)28(36)34-14-21-16-35(17-22(21)15-34)29-32-19(4)12-20(5)33-29/h6,8-10,12-13,21-22H,3,7,11,14-17H2,1-2,4-5H3. The molecule has 0 bridgehead atoms. The lowest BCUT2D eigenvalue weighted by atomic mass is 9.92. The largest absolute Gasteiger partial charge is 0.340 e. The summed E-state index contributed by atoms with van der Waals surface area (Å²) in [7, 11) is 0. The molecular formula is C29H34F2N4O. The summed E-state index contributed by atoms with van der Waals surface area (Å²) in [6.45, 7) is 14.3. The predicted molar refractivity (Wildman–Crippen MR) is 140 cm³/mol. The van der Waals surface area contributed by atoms with Crippen LogP contribution < -0.4 is 4.90 Å². The Kier molecular flexibility index (Phi) is 7.67. The highest BCUT2D eigenvalue weighted by molar-refractivity contribution is 6.00. The van der Waals surface area contributed by atoms with E-state index in [4.69, 9.17) is 0 Å². The number of amides is 1. The van der Waals surface area contributed by atoms with Crippen molar-refractivity contribution in [1.29, 1.82) is 0 Å². The molecule has 0 aliphatic carbocycles. The molecule has 0 spiro atoms. The van der Waals surface area contributed by atoms with E-state index in [2.05, 4.69) is 21.4 Å². The van der Waals surface area contributed by atoms with Gasteiger partial charge in [0.25, 0.3) is 5.91 Å². The molecule has 4 rings (SSSR count). The summed E-state index contributed by atoms with van der Waals surface area (Å²) in [4.78, 5) is 26.8. The number of aryl methyl sites for hydroxylation is 2. The van der Waals surface area contributed by atoms with E-state index in [1.165, 1.54) is 24.3 Å². The third-order valence-electron chi connectivity index (χ3n) is 7.09. The number of hydrogen-bond donors (Lipinski definition) is 0. The number of halogens is 2. The van der Waals surface area contributed by atoms with Crippen LogP contribution in [0, 0.1) is 31.5 Å². The molecule has 0 N–H and O–H groups in total. The molecule has 0 radical (unpaired) electrons. The molecule has 2 unspecified atom stereocenters. The molecule has 2 aromatic rings. The summed E-state index contributed by atoms with van der Waals surface area (Å²) in [6.07, 6.45) is 3.96. The monoisotopic (exact) mass is 492 g/mol. The van der Waals surface area contributed by atoms with Crippen molar-refractivity contribution in [3.63, 3.8) is 0 Å². The fourth-order valence-corrected chi connectivity index (χ4v) is 5.23. The molecule has 36 heavy (non-hydrogen) atoms. The van der Waals surface area contributed by atoms with Crippen LogP contribution in [0.2, 0.25) is 0 Å². The minimum atomic E-state index is -0.514. The lowest BCUT2D eigenvalue weighted by Crippen LogP contribution is -2.34. The van der Waals surface area contributed by atoms with Crippen molar-refractivity contribution in [2.75, 3.05) is 31.1 Å². The minimum absolute atomic E-state index is 0.197. The summed E-state index contributed by atoms with van der Waals surface area (Å²) >= 11 is 0. The van der Waals surface area contributed by atoms with Gasteiger partial charge in [0.05, 0.1) is 5.56 Å². The fraction of sp³-hybridized carbons (Fsp3) is 0.414. The van der Waals surface area contributed by atoms with E-state index in [0.717, 1.165) is 36.0 Å². The number of allylic oxidation sites excluding steroid dienone is 5. The predicted octanol–water partition coefficient (Wildman–Crippen LogP) is 6.05. The Morgan fingerprint density at radius 3 is 2.31 bits per heavy atom. The number of anilines is 1. The molecule has 1 amide bonds. The molecule has 1 aromatic carbocycles. The van der Waals surface area contributed by atoms with Crippen molar-refractivity contribution in [2.45, 2.75) is 40.5 Å². The maximum Gasteiger partial charge on any atom is 0.254 e. The first-order chi connectivity index (χ1) is 17.2. The van der Waals surface area contributed by atoms with E-state index in [-0.39, 0.29) is 29.7 Å². The molecule has 0 saturated carbocycles. The van der Waals surface area contributed by atoms with Gasteiger partial charge in [-0.3, -0.25) is 4.79 Å². The maximum absolute atomic E-state index is 15.1. The third-order valence-corrected chi connectivity index (χ3v) is 7.09. The van der Waals surface area contributed by atoms with Crippen molar-refractivity contribution in [3.05, 3.63) is 82.7 Å². The van der Waals surface area contributed by atoms with Crippen molar-refractivity contribution in [2.24, 2.45) is 11.8 Å². The molecule has 2 aliphatic rings. The quantitative estimate of drug-likeness (QED) is 0.349. The fourth-order valence-electron chi connectivity index (χ4n) is 5.23. The van der Waals surface area contributed by atoms with Gasteiger partial charge in [-0.15, -0.1) is 0 Å². The SMILES string of the molecule is C=C(CC)CC(=C(F)C=CC)c1ccc(F)cc1C(=O)N1CC2CN(c3nc(C)cc(C)n3)CC2C1. The smallest absolute Gasteiger partial charge is 0.254 e. The van der Waals surface area contributed by atoms with Gasteiger partial charge >= 0.3 is 0 Å². The second-order valence-electron chi connectivity index (χ2n) is 9.88. The lowest BCUT2D eigenvalue weighted by Gasteiger charge is -2.23.